The maximum absolute atomic E-state index is 12.2. The summed E-state index contributed by atoms with van der Waals surface area (Å²) in [5.41, 5.74) is 6.54. The lowest BCUT2D eigenvalue weighted by Gasteiger charge is -2.40. The van der Waals surface area contributed by atoms with Gasteiger partial charge in [0.1, 0.15) is 17.7 Å². The van der Waals surface area contributed by atoms with Crippen molar-refractivity contribution in [3.8, 4) is 11.8 Å². The van der Waals surface area contributed by atoms with Crippen molar-refractivity contribution in [1.29, 1.82) is 5.26 Å². The molecule has 1 unspecified atom stereocenters. The predicted octanol–water partition coefficient (Wildman–Crippen LogP) is 1.91. The first-order valence-electron chi connectivity index (χ1n) is 6.99. The molecule has 0 aromatic heterocycles. The van der Waals surface area contributed by atoms with Crippen LogP contribution in [0.25, 0.3) is 0 Å². The molecular formula is C15H17ClN4O3S. The molecule has 0 radical (unpaired) electrons. The van der Waals surface area contributed by atoms with Gasteiger partial charge in [0.15, 0.2) is 0 Å². The number of nitrogens with zero attached hydrogens (tertiary/aromatic N) is 3. The van der Waals surface area contributed by atoms with Gasteiger partial charge in [-0.1, -0.05) is 12.1 Å². The van der Waals surface area contributed by atoms with E-state index >= 15 is 0 Å². The van der Waals surface area contributed by atoms with E-state index in [2.05, 4.69) is 4.99 Å². The highest BCUT2D eigenvalue weighted by atomic mass is 35.7. The van der Waals surface area contributed by atoms with Crippen molar-refractivity contribution in [2.24, 2.45) is 10.7 Å². The Kier molecular flexibility index (Phi) is 5.06. The summed E-state index contributed by atoms with van der Waals surface area (Å²) in [6.07, 6.45) is 0.974. The van der Waals surface area contributed by atoms with Gasteiger partial charge in [-0.3, -0.25) is 0 Å². The number of nitrogens with two attached hydrogens (primary N) is 1. The Balaban J connectivity index is 2.51. The van der Waals surface area contributed by atoms with Gasteiger partial charge in [-0.25, -0.2) is 13.4 Å². The lowest BCUT2D eigenvalue weighted by atomic mass is 10.1. The Morgan fingerprint density at radius 1 is 1.50 bits per heavy atom. The quantitative estimate of drug-likeness (QED) is 0.813. The van der Waals surface area contributed by atoms with Crippen LogP contribution in [0.2, 0.25) is 0 Å². The number of aliphatic imine (C=N–C) groups is 1. The van der Waals surface area contributed by atoms with E-state index in [1.54, 1.807) is 38.3 Å². The highest BCUT2D eigenvalue weighted by Crippen LogP contribution is 2.37. The van der Waals surface area contributed by atoms with Crippen LogP contribution in [0.1, 0.15) is 18.9 Å². The highest BCUT2D eigenvalue weighted by molar-refractivity contribution is 8.15. The maximum atomic E-state index is 12.2. The summed E-state index contributed by atoms with van der Waals surface area (Å²) >= 11 is 0. The van der Waals surface area contributed by atoms with E-state index in [-0.39, 0.29) is 13.0 Å². The van der Waals surface area contributed by atoms with E-state index in [4.69, 9.17) is 21.2 Å². The fourth-order valence-corrected chi connectivity index (χ4v) is 3.94. The summed E-state index contributed by atoms with van der Waals surface area (Å²) < 4.78 is 29.5. The molecule has 1 aliphatic rings. The SMILES string of the molecule is COc1ccc(CN2C(C)=N/C(=C/N)CC2(C#N)S(=O)(=O)Cl)cc1. The van der Waals surface area contributed by atoms with Crippen LogP contribution >= 0.6 is 10.7 Å². The fraction of sp³-hybridized carbons (Fsp3) is 0.333. The fourth-order valence-electron chi connectivity index (χ4n) is 2.53. The van der Waals surface area contributed by atoms with Crippen molar-refractivity contribution in [2.75, 3.05) is 7.11 Å². The average molecular weight is 369 g/mol. The van der Waals surface area contributed by atoms with Crippen molar-refractivity contribution in [2.45, 2.75) is 24.8 Å². The largest absolute Gasteiger partial charge is 0.497 e. The van der Waals surface area contributed by atoms with Crippen LogP contribution in [-0.4, -0.2) is 31.1 Å². The van der Waals surface area contributed by atoms with Crippen LogP contribution in [-0.2, 0) is 15.6 Å². The van der Waals surface area contributed by atoms with Crippen molar-refractivity contribution in [1.82, 2.24) is 4.90 Å². The third-order valence-electron chi connectivity index (χ3n) is 3.82. The second kappa shape index (κ2) is 6.71. The van der Waals surface area contributed by atoms with Crippen LogP contribution < -0.4 is 10.5 Å². The average Bonchev–Trinajstić information content (AvgIpc) is 2.56. The minimum Gasteiger partial charge on any atom is -0.497 e. The van der Waals surface area contributed by atoms with Crippen molar-refractivity contribution < 1.29 is 13.2 Å². The minimum absolute atomic E-state index is 0.149. The number of amidine groups is 1. The number of hydrogen-bond donors (Lipinski definition) is 1. The molecule has 2 rings (SSSR count). The molecule has 128 valence electrons. The van der Waals surface area contributed by atoms with Gasteiger partial charge < -0.3 is 15.4 Å². The molecule has 9 heteroatoms. The molecule has 0 aliphatic carbocycles. The third kappa shape index (κ3) is 3.18. The van der Waals surface area contributed by atoms with E-state index < -0.39 is 13.9 Å². The third-order valence-corrected chi connectivity index (χ3v) is 5.85. The molecule has 0 spiro atoms. The molecule has 0 fully saturated rings. The summed E-state index contributed by atoms with van der Waals surface area (Å²) in [4.78, 5) is 3.66. The monoisotopic (exact) mass is 368 g/mol. The van der Waals surface area contributed by atoms with E-state index in [0.29, 0.717) is 17.3 Å². The van der Waals surface area contributed by atoms with Crippen molar-refractivity contribution in [3.63, 3.8) is 0 Å². The second-order valence-electron chi connectivity index (χ2n) is 5.26. The van der Waals surface area contributed by atoms with Gasteiger partial charge in [-0.15, -0.1) is 0 Å². The summed E-state index contributed by atoms with van der Waals surface area (Å²) in [5.74, 6) is 1.02. The van der Waals surface area contributed by atoms with Gasteiger partial charge >= 0.3 is 0 Å². The molecular weight excluding hydrogens is 352 g/mol. The van der Waals surface area contributed by atoms with Crippen LogP contribution in [0.4, 0.5) is 0 Å². The summed E-state index contributed by atoms with van der Waals surface area (Å²) in [7, 11) is 2.92. The second-order valence-corrected chi connectivity index (χ2v) is 8.03. The summed E-state index contributed by atoms with van der Waals surface area (Å²) in [6.45, 7) is 1.76. The molecule has 2 N–H and O–H groups in total. The molecule has 0 saturated carbocycles. The molecule has 0 amide bonds. The zero-order valence-corrected chi connectivity index (χ0v) is 14.8. The van der Waals surface area contributed by atoms with E-state index in [0.717, 1.165) is 5.56 Å². The summed E-state index contributed by atoms with van der Waals surface area (Å²) in [5, 5.41) is 9.64. The van der Waals surface area contributed by atoms with Gasteiger partial charge in [0.25, 0.3) is 13.9 Å². The van der Waals surface area contributed by atoms with E-state index in [9.17, 15) is 13.7 Å². The molecule has 1 aromatic carbocycles. The van der Waals surface area contributed by atoms with E-state index in [1.807, 2.05) is 6.07 Å². The van der Waals surface area contributed by atoms with Crippen LogP contribution in [0.15, 0.2) is 41.2 Å². The minimum atomic E-state index is -4.26. The Morgan fingerprint density at radius 2 is 2.12 bits per heavy atom. The first-order chi connectivity index (χ1) is 11.3. The first kappa shape index (κ1) is 18.1. The van der Waals surface area contributed by atoms with Crippen LogP contribution in [0.5, 0.6) is 5.75 Å². The molecule has 24 heavy (non-hydrogen) atoms. The van der Waals surface area contributed by atoms with Crippen molar-refractivity contribution >= 4 is 25.6 Å². The Bertz CT molecular complexity index is 827. The number of benzene rings is 1. The normalized spacial score (nSPS) is 22.8. The zero-order chi connectivity index (χ0) is 18.0. The van der Waals surface area contributed by atoms with Gasteiger partial charge in [0, 0.05) is 29.8 Å². The van der Waals surface area contributed by atoms with Gasteiger partial charge in [-0.05, 0) is 24.6 Å². The van der Waals surface area contributed by atoms with E-state index in [1.165, 1.54) is 11.1 Å². The number of halogens is 1. The maximum Gasteiger partial charge on any atom is 0.271 e. The smallest absolute Gasteiger partial charge is 0.271 e. The Hall–Kier alpha value is -2.24. The molecule has 0 bridgehead atoms. The van der Waals surface area contributed by atoms with Gasteiger partial charge in [-0.2, -0.15) is 5.26 Å². The van der Waals surface area contributed by atoms with Gasteiger partial charge in [0.2, 0.25) is 0 Å². The number of methoxy groups -OCH3 is 1. The molecule has 1 aromatic rings. The lowest BCUT2D eigenvalue weighted by Crippen LogP contribution is -2.55. The number of ether oxygens (including phenoxy) is 1. The van der Waals surface area contributed by atoms with Crippen molar-refractivity contribution in [3.05, 3.63) is 41.7 Å². The topological polar surface area (TPSA) is 109 Å². The first-order valence-corrected chi connectivity index (χ1v) is 9.30. The zero-order valence-electron chi connectivity index (χ0n) is 13.2. The number of hydrogen-bond acceptors (Lipinski definition) is 7. The molecule has 1 aliphatic heterocycles. The van der Waals surface area contributed by atoms with Gasteiger partial charge in [0.05, 0.1) is 12.8 Å². The molecule has 7 nitrogen and oxygen atoms in total. The van der Waals surface area contributed by atoms with Crippen LogP contribution in [0, 0.1) is 11.3 Å². The number of nitriles is 1. The highest BCUT2D eigenvalue weighted by Gasteiger charge is 2.52. The lowest BCUT2D eigenvalue weighted by molar-refractivity contribution is 0.294. The summed E-state index contributed by atoms with van der Waals surface area (Å²) in [6, 6.07) is 8.91. The Labute approximate surface area is 145 Å². The molecule has 1 atom stereocenters. The van der Waals surface area contributed by atoms with Crippen LogP contribution in [0.3, 0.4) is 0 Å². The Morgan fingerprint density at radius 3 is 2.58 bits per heavy atom. The molecule has 1 heterocycles. The molecule has 0 saturated heterocycles. The standard InChI is InChI=1S/C15H17ClN4O3S/c1-11-19-13(8-17)7-15(10-18,24(16,21)22)20(11)9-12-3-5-14(23-2)6-4-12/h3-6,8H,7,9,17H2,1-2H3/b13-8+. The number of rotatable bonds is 4. The predicted molar refractivity (Wildman–Crippen MR) is 91.7 cm³/mol.